The number of nitrogens with zero attached hydrogens (tertiary/aromatic N) is 2. The number of H-pyrrole nitrogens is 1. The Morgan fingerprint density at radius 2 is 1.75 bits per heavy atom. The van der Waals surface area contributed by atoms with Gasteiger partial charge >= 0.3 is 12.0 Å². The molecule has 1 aromatic carbocycles. The highest BCUT2D eigenvalue weighted by Gasteiger charge is 2.23. The van der Waals surface area contributed by atoms with Crippen molar-refractivity contribution in [2.45, 2.75) is 6.04 Å². The van der Waals surface area contributed by atoms with E-state index in [9.17, 15) is 24.3 Å². The Morgan fingerprint density at radius 3 is 2.34 bits per heavy atom. The number of nitrogen functional groups attached to an aromatic ring is 2. The second-order valence-corrected chi connectivity index (χ2v) is 6.38. The number of urea groups is 1. The number of anilines is 4. The van der Waals surface area contributed by atoms with Crippen LogP contribution in [0.1, 0.15) is 22.1 Å². The van der Waals surface area contributed by atoms with Gasteiger partial charge in [-0.05, 0) is 17.7 Å². The molecular formula is C19H18N8O5. The molecule has 2 aromatic heterocycles. The van der Waals surface area contributed by atoms with Crippen LogP contribution in [-0.4, -0.2) is 38.0 Å². The first-order chi connectivity index (χ1) is 15.2. The van der Waals surface area contributed by atoms with Gasteiger partial charge in [0.1, 0.15) is 5.69 Å². The second kappa shape index (κ2) is 9.25. The summed E-state index contributed by atoms with van der Waals surface area (Å²) in [4.78, 5) is 57.6. The third-order valence-electron chi connectivity index (χ3n) is 4.11. The molecule has 0 spiro atoms. The van der Waals surface area contributed by atoms with Gasteiger partial charge in [0.15, 0.2) is 17.5 Å². The summed E-state index contributed by atoms with van der Waals surface area (Å²) in [6.45, 7) is 0. The van der Waals surface area contributed by atoms with E-state index in [1.54, 1.807) is 30.3 Å². The number of aromatic nitrogens is 3. The fourth-order valence-corrected chi connectivity index (χ4v) is 2.65. The zero-order chi connectivity index (χ0) is 23.3. The highest BCUT2D eigenvalue weighted by atomic mass is 16.4. The number of benzene rings is 1. The number of carbonyl (C=O) groups excluding carboxylic acids is 2. The van der Waals surface area contributed by atoms with Crippen molar-refractivity contribution in [3.8, 4) is 0 Å². The minimum absolute atomic E-state index is 0.0680. The highest BCUT2D eigenvalue weighted by Crippen LogP contribution is 2.15. The van der Waals surface area contributed by atoms with Crippen molar-refractivity contribution < 1.29 is 19.5 Å². The summed E-state index contributed by atoms with van der Waals surface area (Å²) in [5.74, 6) is -2.41. The van der Waals surface area contributed by atoms with E-state index < -0.39 is 29.5 Å². The van der Waals surface area contributed by atoms with Crippen LogP contribution in [-0.2, 0) is 4.79 Å². The summed E-state index contributed by atoms with van der Waals surface area (Å²) in [5.41, 5.74) is 10.4. The lowest BCUT2D eigenvalue weighted by Gasteiger charge is -2.14. The predicted octanol–water partition coefficient (Wildman–Crippen LogP) is 0.529. The first-order valence-corrected chi connectivity index (χ1v) is 9.02. The van der Waals surface area contributed by atoms with Crippen molar-refractivity contribution in [2.24, 2.45) is 0 Å². The molecule has 0 saturated heterocycles. The molecule has 164 valence electrons. The van der Waals surface area contributed by atoms with E-state index >= 15 is 0 Å². The quantitative estimate of drug-likeness (QED) is 0.285. The zero-order valence-electron chi connectivity index (χ0n) is 16.3. The average molecular weight is 438 g/mol. The Hall–Kier alpha value is -4.94. The third kappa shape index (κ3) is 5.15. The van der Waals surface area contributed by atoms with Crippen LogP contribution >= 0.6 is 0 Å². The molecule has 2 heterocycles. The van der Waals surface area contributed by atoms with Crippen LogP contribution in [0, 0.1) is 0 Å². The van der Waals surface area contributed by atoms with Crippen molar-refractivity contribution in [1.29, 1.82) is 0 Å². The molecule has 3 amide bonds. The fourth-order valence-electron chi connectivity index (χ4n) is 2.65. The Kier molecular flexibility index (Phi) is 6.29. The zero-order valence-corrected chi connectivity index (χ0v) is 16.3. The topological polar surface area (TPSA) is 218 Å². The molecule has 0 aliphatic heterocycles. The predicted molar refractivity (Wildman–Crippen MR) is 115 cm³/mol. The van der Waals surface area contributed by atoms with E-state index in [0.717, 1.165) is 0 Å². The van der Waals surface area contributed by atoms with E-state index in [0.29, 0.717) is 5.56 Å². The fraction of sp³-hybridized carbons (Fsp3) is 0.0526. The van der Waals surface area contributed by atoms with E-state index in [1.807, 2.05) is 0 Å². The lowest BCUT2D eigenvalue weighted by molar-refractivity contribution is -0.139. The Morgan fingerprint density at radius 1 is 1.03 bits per heavy atom. The maximum Gasteiger partial charge on any atom is 0.330 e. The van der Waals surface area contributed by atoms with Crippen LogP contribution in [0.3, 0.4) is 0 Å². The maximum atomic E-state index is 12.4. The number of carboxylic acid groups (broad SMARTS) is 1. The number of hydrogen-bond acceptors (Lipinski definition) is 8. The monoisotopic (exact) mass is 438 g/mol. The van der Waals surface area contributed by atoms with Gasteiger partial charge in [-0.2, -0.15) is 4.98 Å². The van der Waals surface area contributed by atoms with Crippen molar-refractivity contribution in [3.05, 3.63) is 70.3 Å². The number of aliphatic carboxylic acids is 1. The number of carboxylic acids is 1. The molecule has 0 bridgehead atoms. The van der Waals surface area contributed by atoms with Gasteiger partial charge in [-0.3, -0.25) is 19.9 Å². The Labute approximate surface area is 179 Å². The number of nitrogens with one attached hydrogen (secondary N) is 4. The molecule has 0 radical (unpaired) electrons. The largest absolute Gasteiger partial charge is 0.479 e. The number of nitrogens with two attached hydrogens (primary N) is 2. The first-order valence-electron chi connectivity index (χ1n) is 9.02. The molecule has 9 N–H and O–H groups in total. The van der Waals surface area contributed by atoms with Crippen LogP contribution in [0.15, 0.2) is 53.5 Å². The lowest BCUT2D eigenvalue weighted by Crippen LogP contribution is -2.34. The minimum atomic E-state index is -1.26. The second-order valence-electron chi connectivity index (χ2n) is 6.38. The maximum absolute atomic E-state index is 12.4. The van der Waals surface area contributed by atoms with Gasteiger partial charge in [0.25, 0.3) is 11.5 Å². The number of hydrogen-bond donors (Lipinski definition) is 7. The van der Waals surface area contributed by atoms with Gasteiger partial charge in [-0.25, -0.2) is 14.6 Å². The van der Waals surface area contributed by atoms with E-state index in [2.05, 4.69) is 30.9 Å². The summed E-state index contributed by atoms with van der Waals surface area (Å²) in [7, 11) is 0. The van der Waals surface area contributed by atoms with Crippen molar-refractivity contribution >= 4 is 41.0 Å². The van der Waals surface area contributed by atoms with E-state index in [4.69, 9.17) is 11.5 Å². The van der Waals surface area contributed by atoms with Crippen LogP contribution in [0.5, 0.6) is 0 Å². The Bertz CT molecular complexity index is 1210. The molecule has 3 aromatic rings. The number of amides is 3. The normalized spacial score (nSPS) is 11.2. The van der Waals surface area contributed by atoms with Gasteiger partial charge in [0, 0.05) is 0 Å². The smallest absolute Gasteiger partial charge is 0.330 e. The number of pyridine rings is 1. The van der Waals surface area contributed by atoms with Gasteiger partial charge in [-0.15, -0.1) is 0 Å². The Balaban J connectivity index is 1.65. The molecular weight excluding hydrogens is 420 g/mol. The molecule has 0 aliphatic carbocycles. The van der Waals surface area contributed by atoms with Crippen LogP contribution in [0.25, 0.3) is 0 Å². The summed E-state index contributed by atoms with van der Waals surface area (Å²) in [6.07, 6.45) is 1.18. The standard InChI is InChI=1S/C19H18N8O5/c20-14-13(16(29)27-18(21)26-14)25-19(32)23-10-6-7-11(22-8-10)15(28)24-12(17(30)31)9-4-2-1-3-5-9/h1-8,12H,(H,24,28)(H,30,31)(H2,23,25,32)(H5,20,21,26,27,29)/t12-/m0/s1. The molecule has 3 rings (SSSR count). The summed E-state index contributed by atoms with van der Waals surface area (Å²) >= 11 is 0. The molecule has 13 nitrogen and oxygen atoms in total. The molecule has 0 saturated carbocycles. The lowest BCUT2D eigenvalue weighted by atomic mass is 10.1. The third-order valence-corrected chi connectivity index (χ3v) is 4.11. The van der Waals surface area contributed by atoms with Gasteiger partial charge in [0.2, 0.25) is 5.95 Å². The van der Waals surface area contributed by atoms with Gasteiger partial charge < -0.3 is 27.2 Å². The SMILES string of the molecule is Nc1nc(N)c(NC(=O)Nc2ccc(C(=O)N[C@H](C(=O)O)c3ccccc3)nc2)c(=O)[nH]1. The van der Waals surface area contributed by atoms with Crippen molar-refractivity contribution in [3.63, 3.8) is 0 Å². The molecule has 0 fully saturated rings. The van der Waals surface area contributed by atoms with Crippen LogP contribution in [0.2, 0.25) is 0 Å². The highest BCUT2D eigenvalue weighted by molar-refractivity contribution is 6.01. The summed E-state index contributed by atoms with van der Waals surface area (Å²) in [6, 6.07) is 8.77. The molecule has 1 atom stereocenters. The summed E-state index contributed by atoms with van der Waals surface area (Å²) in [5, 5.41) is 16.4. The van der Waals surface area contributed by atoms with E-state index in [-0.39, 0.29) is 28.8 Å². The number of carbonyl (C=O) groups is 3. The van der Waals surface area contributed by atoms with Crippen LogP contribution < -0.4 is 33.0 Å². The van der Waals surface area contributed by atoms with Gasteiger partial charge in [0.05, 0.1) is 11.9 Å². The average Bonchev–Trinajstić information content (AvgIpc) is 2.75. The minimum Gasteiger partial charge on any atom is -0.479 e. The molecule has 13 heteroatoms. The molecule has 0 aliphatic rings. The number of rotatable bonds is 6. The first kappa shape index (κ1) is 21.8. The molecule has 32 heavy (non-hydrogen) atoms. The van der Waals surface area contributed by atoms with Crippen molar-refractivity contribution in [2.75, 3.05) is 22.1 Å². The molecule has 0 unspecified atom stereocenters. The summed E-state index contributed by atoms with van der Waals surface area (Å²) < 4.78 is 0. The van der Waals surface area contributed by atoms with E-state index in [1.165, 1.54) is 18.3 Å². The van der Waals surface area contributed by atoms with Crippen molar-refractivity contribution in [1.82, 2.24) is 20.3 Å². The van der Waals surface area contributed by atoms with Crippen LogP contribution in [0.4, 0.5) is 27.9 Å². The number of aromatic amines is 1. The van der Waals surface area contributed by atoms with Gasteiger partial charge in [-0.1, -0.05) is 30.3 Å².